The van der Waals surface area contributed by atoms with Crippen LogP contribution in [-0.2, 0) is 32.1 Å². The number of alkyl halides is 6. The first-order valence-electron chi connectivity index (χ1n) is 7.96. The number of hydrogen-bond donors (Lipinski definition) is 2. The number of aromatic amines is 2. The number of H-pyrrole nitrogens is 2. The molecule has 0 amide bonds. The van der Waals surface area contributed by atoms with E-state index in [0.717, 1.165) is 0 Å². The van der Waals surface area contributed by atoms with E-state index in [1.165, 1.54) is 12.4 Å². The van der Waals surface area contributed by atoms with Gasteiger partial charge in [0, 0.05) is 12.4 Å². The summed E-state index contributed by atoms with van der Waals surface area (Å²) < 4.78 is 72.9. The maximum absolute atomic E-state index is 12.2. The molecule has 0 atom stereocenters. The van der Waals surface area contributed by atoms with E-state index in [9.17, 15) is 26.3 Å². The van der Waals surface area contributed by atoms with Gasteiger partial charge in [-0.25, -0.2) is 9.97 Å². The first kappa shape index (κ1) is 24.1. The Morgan fingerprint density at radius 3 is 1.26 bits per heavy atom. The monoisotopic (exact) mass is 620 g/mol. The van der Waals surface area contributed by atoms with Gasteiger partial charge in [-0.1, -0.05) is 12.1 Å². The second kappa shape index (κ2) is 9.74. The third-order valence-corrected chi connectivity index (χ3v) is 3.29. The van der Waals surface area contributed by atoms with E-state index in [-0.39, 0.29) is 31.4 Å². The molecule has 0 aliphatic rings. The van der Waals surface area contributed by atoms with E-state index < -0.39 is 24.0 Å². The van der Waals surface area contributed by atoms with Crippen LogP contribution in [0, 0.1) is 0 Å². The van der Waals surface area contributed by atoms with E-state index in [2.05, 4.69) is 40.3 Å². The van der Waals surface area contributed by atoms with Crippen molar-refractivity contribution in [2.75, 3.05) is 0 Å². The van der Waals surface area contributed by atoms with Crippen LogP contribution in [0.25, 0.3) is 23.0 Å². The van der Waals surface area contributed by atoms with Gasteiger partial charge in [0.25, 0.3) is 11.6 Å². The molecular weight excluding hydrogens is 608 g/mol. The van der Waals surface area contributed by atoms with Gasteiger partial charge in [-0.15, -0.1) is 10.2 Å². The molecule has 0 saturated heterocycles. The van der Waals surface area contributed by atoms with Gasteiger partial charge in [0.05, 0.1) is 0 Å². The van der Waals surface area contributed by atoms with Crippen molar-refractivity contribution in [2.24, 2.45) is 0 Å². The molecule has 2 N–H and O–H groups in total. The maximum atomic E-state index is 12.2. The van der Waals surface area contributed by atoms with Crippen LogP contribution in [0.4, 0.5) is 26.3 Å². The van der Waals surface area contributed by atoms with Crippen molar-refractivity contribution >= 4 is 0 Å². The fourth-order valence-electron chi connectivity index (χ4n) is 2.01. The smallest absolute Gasteiger partial charge is 0.257 e. The Morgan fingerprint density at radius 1 is 0.613 bits per heavy atom. The molecule has 0 aliphatic heterocycles. The van der Waals surface area contributed by atoms with Crippen LogP contribution in [0.15, 0.2) is 48.8 Å². The molecule has 0 aromatic carbocycles. The van der Waals surface area contributed by atoms with E-state index in [0.29, 0.717) is 11.4 Å². The molecule has 0 saturated carbocycles. The molecule has 4 heterocycles. The van der Waals surface area contributed by atoms with Gasteiger partial charge in [-0.05, 0) is 24.3 Å². The summed E-state index contributed by atoms with van der Waals surface area (Å²) in [5.41, 5.74) is 0.640. The van der Waals surface area contributed by atoms with Gasteiger partial charge < -0.3 is 0 Å². The van der Waals surface area contributed by atoms with Crippen molar-refractivity contribution < 1.29 is 46.1 Å². The quantitative estimate of drug-likeness (QED) is 0.332. The van der Waals surface area contributed by atoms with E-state index >= 15 is 0 Å². The molecular formula is C16H10F6N8Os+3. The molecule has 0 bridgehead atoms. The number of nitrogens with one attached hydrogen (secondary N) is 2. The molecule has 0 spiro atoms. The number of rotatable bonds is 2. The first-order chi connectivity index (χ1) is 14.1. The number of nitrogens with zero attached hydrogens (tertiary/aromatic N) is 6. The van der Waals surface area contributed by atoms with Crippen molar-refractivity contribution in [3.05, 3.63) is 60.4 Å². The second-order valence-corrected chi connectivity index (χ2v) is 5.44. The van der Waals surface area contributed by atoms with Gasteiger partial charge >= 0.3 is 32.1 Å². The van der Waals surface area contributed by atoms with Crippen molar-refractivity contribution in [3.63, 3.8) is 0 Å². The average Bonchev–Trinajstić information content (AvgIpc) is 3.40. The Labute approximate surface area is 182 Å². The molecule has 161 valence electrons. The molecule has 0 aliphatic carbocycles. The summed E-state index contributed by atoms with van der Waals surface area (Å²) in [6, 6.07) is 9.70. The van der Waals surface area contributed by atoms with Crippen molar-refractivity contribution in [3.8, 4) is 23.0 Å². The van der Waals surface area contributed by atoms with E-state index in [4.69, 9.17) is 0 Å². The largest absolute Gasteiger partial charge is 3.00 e. The SMILES string of the molecule is FC(F)(F)c1n[nH]c(-c2ccccn2)n1.FC(F)(F)c1n[nH]c(-c2ccccn2)n1.[Os+3]. The Morgan fingerprint density at radius 2 is 1.00 bits per heavy atom. The van der Waals surface area contributed by atoms with Crippen LogP contribution in [0.3, 0.4) is 0 Å². The zero-order valence-electron chi connectivity index (χ0n) is 14.9. The van der Waals surface area contributed by atoms with Crippen molar-refractivity contribution in [2.45, 2.75) is 12.4 Å². The third-order valence-electron chi connectivity index (χ3n) is 3.29. The van der Waals surface area contributed by atoms with Gasteiger partial charge in [0.1, 0.15) is 11.4 Å². The zero-order valence-corrected chi connectivity index (χ0v) is 17.5. The summed E-state index contributed by atoms with van der Waals surface area (Å²) in [6.45, 7) is 0. The molecule has 4 aromatic rings. The van der Waals surface area contributed by atoms with Gasteiger partial charge in [-0.2, -0.15) is 26.3 Å². The Hall–Kier alpha value is -3.20. The minimum Gasteiger partial charge on any atom is -0.257 e. The van der Waals surface area contributed by atoms with Crippen molar-refractivity contribution in [1.29, 1.82) is 0 Å². The number of halogens is 6. The number of pyridine rings is 2. The van der Waals surface area contributed by atoms with E-state index in [1.54, 1.807) is 36.4 Å². The summed E-state index contributed by atoms with van der Waals surface area (Å²) in [6.07, 6.45) is -6.15. The Kier molecular flexibility index (Phi) is 7.56. The van der Waals surface area contributed by atoms with Crippen molar-refractivity contribution in [1.82, 2.24) is 40.3 Å². The molecule has 15 heteroatoms. The van der Waals surface area contributed by atoms with Crippen LogP contribution >= 0.6 is 0 Å². The van der Waals surface area contributed by atoms with Gasteiger partial charge in [-0.3, -0.25) is 20.2 Å². The summed E-state index contributed by atoms with van der Waals surface area (Å²) in [5, 5.41) is 10.5. The third kappa shape index (κ3) is 6.39. The summed E-state index contributed by atoms with van der Waals surface area (Å²) >= 11 is 0. The topological polar surface area (TPSA) is 109 Å². The predicted octanol–water partition coefficient (Wildman–Crippen LogP) is 3.77. The predicted molar refractivity (Wildman–Crippen MR) is 89.2 cm³/mol. The summed E-state index contributed by atoms with van der Waals surface area (Å²) in [4.78, 5) is 14.3. The number of aromatic nitrogens is 8. The standard InChI is InChI=1S/2C8H5F3N4.Os/c2*9-8(10,11)7-13-6(14-15-7)5-3-1-2-4-12-5;/h2*1-4H,(H,13,14,15);/q;;+3. The molecule has 8 nitrogen and oxygen atoms in total. The Bertz CT molecular complexity index is 991. The van der Waals surface area contributed by atoms with E-state index in [1.807, 2.05) is 0 Å². The minimum absolute atomic E-state index is 0. The first-order valence-corrected chi connectivity index (χ1v) is 7.96. The van der Waals surface area contributed by atoms with Crippen LogP contribution < -0.4 is 0 Å². The zero-order chi connectivity index (χ0) is 21.8. The summed E-state index contributed by atoms with van der Waals surface area (Å²) in [7, 11) is 0. The van der Waals surface area contributed by atoms with Crippen LogP contribution in [0.2, 0.25) is 0 Å². The normalized spacial score (nSPS) is 11.3. The molecule has 31 heavy (non-hydrogen) atoms. The molecule has 4 aromatic heterocycles. The van der Waals surface area contributed by atoms with Gasteiger partial charge in [0.15, 0.2) is 11.6 Å². The molecule has 1 radical (unpaired) electrons. The molecule has 0 unspecified atom stereocenters. The van der Waals surface area contributed by atoms with Crippen LogP contribution in [0.1, 0.15) is 11.6 Å². The van der Waals surface area contributed by atoms with Gasteiger partial charge in [0.2, 0.25) is 0 Å². The Balaban J connectivity index is 0.000000213. The summed E-state index contributed by atoms with van der Waals surface area (Å²) in [5.74, 6) is -2.38. The maximum Gasteiger partial charge on any atom is 3.00 e. The van der Waals surface area contributed by atoms with Crippen LogP contribution in [-0.4, -0.2) is 40.3 Å². The fraction of sp³-hybridized carbons (Fsp3) is 0.125. The molecule has 0 fully saturated rings. The van der Waals surface area contributed by atoms with Crippen LogP contribution in [0.5, 0.6) is 0 Å². The minimum atomic E-state index is -4.54. The average molecular weight is 619 g/mol. The fourth-order valence-corrected chi connectivity index (χ4v) is 2.01. The second-order valence-electron chi connectivity index (χ2n) is 5.44. The molecule has 4 rings (SSSR count). The number of hydrogen-bond acceptors (Lipinski definition) is 6.